The van der Waals surface area contributed by atoms with E-state index in [4.69, 9.17) is 21.1 Å². The van der Waals surface area contributed by atoms with E-state index in [-0.39, 0.29) is 0 Å². The van der Waals surface area contributed by atoms with E-state index in [1.54, 1.807) is 0 Å². The van der Waals surface area contributed by atoms with Crippen molar-refractivity contribution in [3.8, 4) is 0 Å². The summed E-state index contributed by atoms with van der Waals surface area (Å²) in [5.41, 5.74) is 2.52. The van der Waals surface area contributed by atoms with Crippen molar-refractivity contribution in [1.29, 1.82) is 0 Å². The van der Waals surface area contributed by atoms with Gasteiger partial charge in [-0.25, -0.2) is 0 Å². The third-order valence-electron chi connectivity index (χ3n) is 4.72. The first-order valence-corrected chi connectivity index (χ1v) is 8.79. The molecule has 0 saturated carbocycles. The van der Waals surface area contributed by atoms with Gasteiger partial charge in [-0.1, -0.05) is 23.7 Å². The van der Waals surface area contributed by atoms with Crippen LogP contribution in [0.1, 0.15) is 36.8 Å². The van der Waals surface area contributed by atoms with Gasteiger partial charge in [0.15, 0.2) is 0 Å². The van der Waals surface area contributed by atoms with Crippen LogP contribution in [0.15, 0.2) is 18.2 Å². The lowest BCUT2D eigenvalue weighted by Gasteiger charge is -2.35. The summed E-state index contributed by atoms with van der Waals surface area (Å²) in [7, 11) is 0. The van der Waals surface area contributed by atoms with Gasteiger partial charge < -0.3 is 9.47 Å². The first-order chi connectivity index (χ1) is 10.7. The van der Waals surface area contributed by atoms with E-state index in [9.17, 15) is 0 Å². The largest absolute Gasteiger partial charge is 0.381 e. The van der Waals surface area contributed by atoms with Gasteiger partial charge in [-0.05, 0) is 49.8 Å². The Labute approximate surface area is 138 Å². The first-order valence-electron chi connectivity index (χ1n) is 8.41. The van der Waals surface area contributed by atoms with Crippen molar-refractivity contribution in [2.75, 3.05) is 26.3 Å². The number of halogens is 1. The Bertz CT molecular complexity index is 480. The Balaban J connectivity index is 1.44. The van der Waals surface area contributed by atoms with Gasteiger partial charge in [-0.2, -0.15) is 0 Å². The van der Waals surface area contributed by atoms with Gasteiger partial charge in [0.05, 0.1) is 12.2 Å². The van der Waals surface area contributed by atoms with Crippen LogP contribution in [-0.2, 0) is 16.0 Å². The average Bonchev–Trinajstić information content (AvgIpc) is 2.54. The van der Waals surface area contributed by atoms with Gasteiger partial charge in [-0.15, -0.1) is 0 Å². The molecular weight excluding hydrogens is 298 g/mol. The molecule has 0 bridgehead atoms. The Morgan fingerprint density at radius 2 is 1.82 bits per heavy atom. The van der Waals surface area contributed by atoms with Gasteiger partial charge in [-0.3, -0.25) is 4.90 Å². The molecule has 0 unspecified atom stereocenters. The molecule has 0 aliphatic carbocycles. The summed E-state index contributed by atoms with van der Waals surface area (Å²) in [5.74, 6) is 0. The molecule has 3 rings (SSSR count). The molecular formula is C18H26ClNO2. The van der Waals surface area contributed by atoms with Crippen LogP contribution in [0.4, 0.5) is 0 Å². The minimum atomic E-state index is 0.421. The second-order valence-corrected chi connectivity index (χ2v) is 6.91. The highest BCUT2D eigenvalue weighted by Crippen LogP contribution is 2.22. The Morgan fingerprint density at radius 3 is 2.50 bits per heavy atom. The van der Waals surface area contributed by atoms with Crippen molar-refractivity contribution in [2.45, 2.75) is 51.4 Å². The summed E-state index contributed by atoms with van der Waals surface area (Å²) in [6.45, 7) is 7.05. The van der Waals surface area contributed by atoms with Crippen LogP contribution in [0, 0.1) is 6.92 Å². The molecule has 1 aromatic rings. The lowest BCUT2D eigenvalue weighted by atomic mass is 10.0. The topological polar surface area (TPSA) is 21.7 Å². The Hall–Kier alpha value is -0.610. The van der Waals surface area contributed by atoms with Crippen LogP contribution in [0.5, 0.6) is 0 Å². The third-order valence-corrected chi connectivity index (χ3v) is 5.14. The number of aryl methyl sites for hydroxylation is 1. The summed E-state index contributed by atoms with van der Waals surface area (Å²) in [5, 5.41) is 0.854. The number of likely N-dealkylation sites (tertiary alicyclic amines) is 1. The molecule has 0 N–H and O–H groups in total. The van der Waals surface area contributed by atoms with E-state index < -0.39 is 0 Å². The quantitative estimate of drug-likeness (QED) is 0.841. The molecule has 4 heteroatoms. The van der Waals surface area contributed by atoms with Crippen molar-refractivity contribution in [3.05, 3.63) is 34.3 Å². The smallest absolute Gasteiger partial charge is 0.0622 e. The van der Waals surface area contributed by atoms with Gasteiger partial charge >= 0.3 is 0 Å². The number of ether oxygens (including phenoxy) is 2. The monoisotopic (exact) mass is 323 g/mol. The minimum absolute atomic E-state index is 0.421. The van der Waals surface area contributed by atoms with Crippen LogP contribution in [0.25, 0.3) is 0 Å². The van der Waals surface area contributed by atoms with Gasteiger partial charge in [0.2, 0.25) is 0 Å². The van der Waals surface area contributed by atoms with Crippen molar-refractivity contribution in [1.82, 2.24) is 4.90 Å². The summed E-state index contributed by atoms with van der Waals surface area (Å²) in [6.07, 6.45) is 5.26. The van der Waals surface area contributed by atoms with Crippen LogP contribution in [0.3, 0.4) is 0 Å². The zero-order valence-electron chi connectivity index (χ0n) is 13.4. The molecule has 0 aromatic heterocycles. The minimum Gasteiger partial charge on any atom is -0.381 e. The molecule has 2 aliphatic rings. The van der Waals surface area contributed by atoms with Crippen molar-refractivity contribution >= 4 is 11.6 Å². The molecule has 0 radical (unpaired) electrons. The Morgan fingerprint density at radius 1 is 1.14 bits per heavy atom. The van der Waals surface area contributed by atoms with Crippen LogP contribution >= 0.6 is 11.6 Å². The molecule has 2 heterocycles. The van der Waals surface area contributed by atoms with Gasteiger partial charge in [0, 0.05) is 37.9 Å². The molecule has 3 nitrogen and oxygen atoms in total. The standard InChI is InChI=1S/C18H26ClNO2/c1-14-12-15(2-3-18(14)19)13-20-8-4-16(5-9-20)22-17-6-10-21-11-7-17/h2-3,12,16-17H,4-11,13H2,1H3. The predicted molar refractivity (Wildman–Crippen MR) is 89.4 cm³/mol. The number of piperidine rings is 1. The van der Waals surface area contributed by atoms with E-state index in [2.05, 4.69) is 24.0 Å². The van der Waals surface area contributed by atoms with E-state index in [1.165, 1.54) is 5.56 Å². The summed E-state index contributed by atoms with van der Waals surface area (Å²) >= 11 is 6.10. The highest BCUT2D eigenvalue weighted by atomic mass is 35.5. The lowest BCUT2D eigenvalue weighted by Crippen LogP contribution is -2.39. The molecule has 0 spiro atoms. The molecule has 2 aliphatic heterocycles. The maximum Gasteiger partial charge on any atom is 0.0622 e. The van der Waals surface area contributed by atoms with E-state index in [0.29, 0.717) is 12.2 Å². The zero-order valence-corrected chi connectivity index (χ0v) is 14.1. The summed E-state index contributed by atoms with van der Waals surface area (Å²) < 4.78 is 11.6. The van der Waals surface area contributed by atoms with Crippen molar-refractivity contribution in [3.63, 3.8) is 0 Å². The normalized spacial score (nSPS) is 22.1. The fourth-order valence-corrected chi connectivity index (χ4v) is 3.47. The van der Waals surface area contributed by atoms with Gasteiger partial charge in [0.25, 0.3) is 0 Å². The first kappa shape index (κ1) is 16.3. The number of hydrogen-bond acceptors (Lipinski definition) is 3. The molecule has 2 fully saturated rings. The maximum atomic E-state index is 6.24. The van der Waals surface area contributed by atoms with E-state index >= 15 is 0 Å². The van der Waals surface area contributed by atoms with E-state index in [1.807, 2.05) is 6.07 Å². The summed E-state index contributed by atoms with van der Waals surface area (Å²) in [4.78, 5) is 2.52. The Kier molecular flexibility index (Phi) is 5.75. The number of nitrogens with zero attached hydrogens (tertiary/aromatic N) is 1. The number of benzene rings is 1. The zero-order chi connectivity index (χ0) is 15.4. The van der Waals surface area contributed by atoms with Crippen LogP contribution < -0.4 is 0 Å². The fraction of sp³-hybridized carbons (Fsp3) is 0.667. The lowest BCUT2D eigenvalue weighted by molar-refractivity contribution is -0.0851. The molecule has 0 atom stereocenters. The SMILES string of the molecule is Cc1cc(CN2CCC(OC3CCOCC3)CC2)ccc1Cl. The fourth-order valence-electron chi connectivity index (χ4n) is 3.35. The maximum absolute atomic E-state index is 6.24. The average molecular weight is 324 g/mol. The highest BCUT2D eigenvalue weighted by Gasteiger charge is 2.24. The number of hydrogen-bond donors (Lipinski definition) is 0. The van der Waals surface area contributed by atoms with Crippen LogP contribution in [0.2, 0.25) is 5.02 Å². The predicted octanol–water partition coefficient (Wildman–Crippen LogP) is 3.81. The van der Waals surface area contributed by atoms with Crippen LogP contribution in [-0.4, -0.2) is 43.4 Å². The highest BCUT2D eigenvalue weighted by molar-refractivity contribution is 6.31. The van der Waals surface area contributed by atoms with Crippen molar-refractivity contribution < 1.29 is 9.47 Å². The molecule has 0 amide bonds. The van der Waals surface area contributed by atoms with Gasteiger partial charge in [0.1, 0.15) is 0 Å². The molecule has 122 valence electrons. The molecule has 1 aromatic carbocycles. The second kappa shape index (κ2) is 7.78. The third kappa shape index (κ3) is 4.45. The summed E-state index contributed by atoms with van der Waals surface area (Å²) in [6, 6.07) is 6.35. The number of rotatable bonds is 4. The van der Waals surface area contributed by atoms with Crippen molar-refractivity contribution in [2.24, 2.45) is 0 Å². The van der Waals surface area contributed by atoms with E-state index in [0.717, 1.165) is 69.1 Å². The molecule has 22 heavy (non-hydrogen) atoms. The second-order valence-electron chi connectivity index (χ2n) is 6.51. The molecule has 2 saturated heterocycles.